The predicted molar refractivity (Wildman–Crippen MR) is 79.4 cm³/mol. The highest BCUT2D eigenvalue weighted by atomic mass is 32.1. The molecule has 1 aromatic carbocycles. The van der Waals surface area contributed by atoms with Gasteiger partial charge in [0.2, 0.25) is 0 Å². The quantitative estimate of drug-likeness (QED) is 0.802. The van der Waals surface area contributed by atoms with Crippen molar-refractivity contribution in [3.8, 4) is 0 Å². The number of hydrogen-bond donors (Lipinski definition) is 3. The Labute approximate surface area is 116 Å². The maximum Gasteiger partial charge on any atom is 0.263 e. The number of thiophene rings is 1. The zero-order valence-electron chi connectivity index (χ0n) is 11.0. The second-order valence-electron chi connectivity index (χ2n) is 4.76. The molecule has 0 saturated heterocycles. The molecule has 0 bridgehead atoms. The van der Waals surface area contributed by atoms with E-state index in [9.17, 15) is 4.79 Å². The van der Waals surface area contributed by atoms with Crippen molar-refractivity contribution in [3.05, 3.63) is 29.1 Å². The number of rotatable bonds is 4. The normalized spacial score (nSPS) is 14.3. The molecule has 5 heteroatoms. The molecule has 0 fully saturated rings. The van der Waals surface area contributed by atoms with Crippen LogP contribution in [0.1, 0.15) is 23.5 Å². The number of fused-ring (bicyclic) bond motifs is 1. The van der Waals surface area contributed by atoms with E-state index >= 15 is 0 Å². The molecule has 102 valence electrons. The van der Waals surface area contributed by atoms with Crippen LogP contribution in [0.2, 0.25) is 0 Å². The molecule has 4 N–H and O–H groups in total. The number of carbonyl (C=O) groups is 1. The third-order valence-electron chi connectivity index (χ3n) is 3.34. The van der Waals surface area contributed by atoms with Gasteiger partial charge in [0.25, 0.3) is 5.91 Å². The highest BCUT2D eigenvalue weighted by Gasteiger charge is 2.19. The van der Waals surface area contributed by atoms with Gasteiger partial charge >= 0.3 is 0 Å². The van der Waals surface area contributed by atoms with Gasteiger partial charge < -0.3 is 16.2 Å². The number of hydrogen-bond acceptors (Lipinski definition) is 4. The molecule has 0 aliphatic carbocycles. The smallest absolute Gasteiger partial charge is 0.263 e. The summed E-state index contributed by atoms with van der Waals surface area (Å²) in [6.07, 6.45) is 0. The Hall–Kier alpha value is -1.59. The van der Waals surface area contributed by atoms with Crippen molar-refractivity contribution in [2.24, 2.45) is 5.92 Å². The highest BCUT2D eigenvalue weighted by molar-refractivity contribution is 7.21. The predicted octanol–water partition coefficient (Wildman–Crippen LogP) is 2.23. The van der Waals surface area contributed by atoms with Crippen LogP contribution in [-0.2, 0) is 0 Å². The first-order valence-corrected chi connectivity index (χ1v) is 7.05. The molecule has 2 atom stereocenters. The van der Waals surface area contributed by atoms with Crippen LogP contribution in [0.25, 0.3) is 10.1 Å². The van der Waals surface area contributed by atoms with Gasteiger partial charge in [-0.3, -0.25) is 4.79 Å². The van der Waals surface area contributed by atoms with E-state index in [0.29, 0.717) is 10.6 Å². The van der Waals surface area contributed by atoms with Gasteiger partial charge in [-0.15, -0.1) is 11.3 Å². The van der Waals surface area contributed by atoms with Gasteiger partial charge in [0, 0.05) is 22.7 Å². The van der Waals surface area contributed by atoms with E-state index in [1.807, 2.05) is 38.1 Å². The third-order valence-corrected chi connectivity index (χ3v) is 4.53. The third kappa shape index (κ3) is 2.72. The fraction of sp³-hybridized carbons (Fsp3) is 0.357. The zero-order valence-corrected chi connectivity index (χ0v) is 11.8. The summed E-state index contributed by atoms with van der Waals surface area (Å²) in [5.74, 6) is -0.161. The van der Waals surface area contributed by atoms with Gasteiger partial charge in [-0.1, -0.05) is 25.1 Å². The minimum atomic E-state index is -0.175. The first kappa shape index (κ1) is 13.8. The lowest BCUT2D eigenvalue weighted by atomic mass is 10.1. The van der Waals surface area contributed by atoms with Crippen molar-refractivity contribution in [1.29, 1.82) is 0 Å². The van der Waals surface area contributed by atoms with Gasteiger partial charge in [-0.25, -0.2) is 0 Å². The van der Waals surface area contributed by atoms with E-state index in [4.69, 9.17) is 10.8 Å². The summed E-state index contributed by atoms with van der Waals surface area (Å²) in [4.78, 5) is 12.7. The van der Waals surface area contributed by atoms with Crippen molar-refractivity contribution in [1.82, 2.24) is 5.32 Å². The van der Waals surface area contributed by atoms with Crippen LogP contribution in [0.4, 0.5) is 5.69 Å². The van der Waals surface area contributed by atoms with E-state index in [1.165, 1.54) is 11.3 Å². The van der Waals surface area contributed by atoms with E-state index in [0.717, 1.165) is 10.1 Å². The lowest BCUT2D eigenvalue weighted by Gasteiger charge is -2.18. The van der Waals surface area contributed by atoms with Crippen LogP contribution in [0.3, 0.4) is 0 Å². The summed E-state index contributed by atoms with van der Waals surface area (Å²) >= 11 is 1.39. The van der Waals surface area contributed by atoms with Crippen LogP contribution in [0, 0.1) is 5.92 Å². The summed E-state index contributed by atoms with van der Waals surface area (Å²) in [5.41, 5.74) is 6.55. The van der Waals surface area contributed by atoms with Crippen LogP contribution < -0.4 is 11.1 Å². The van der Waals surface area contributed by atoms with Gasteiger partial charge in [0.1, 0.15) is 4.88 Å². The molecule has 0 saturated carbocycles. The van der Waals surface area contributed by atoms with E-state index in [1.54, 1.807) is 0 Å². The van der Waals surface area contributed by atoms with Gasteiger partial charge in [0.15, 0.2) is 0 Å². The Balaban J connectivity index is 2.24. The summed E-state index contributed by atoms with van der Waals surface area (Å²) in [5, 5.41) is 12.9. The van der Waals surface area contributed by atoms with Crippen molar-refractivity contribution < 1.29 is 9.90 Å². The maximum absolute atomic E-state index is 12.2. The lowest BCUT2D eigenvalue weighted by Crippen LogP contribution is -2.38. The van der Waals surface area contributed by atoms with Crippen molar-refractivity contribution in [2.45, 2.75) is 19.9 Å². The second kappa shape index (κ2) is 5.59. The molecule has 1 amide bonds. The number of carbonyl (C=O) groups excluding carboxylic acids is 1. The average molecular weight is 278 g/mol. The Morgan fingerprint density at radius 1 is 1.42 bits per heavy atom. The SMILES string of the molecule is CC(CO)C(C)NC(=O)c1sc2ccccc2c1N. The fourth-order valence-corrected chi connectivity index (χ4v) is 2.83. The van der Waals surface area contributed by atoms with Crippen molar-refractivity contribution in [2.75, 3.05) is 12.3 Å². The first-order chi connectivity index (χ1) is 9.04. The fourth-order valence-electron chi connectivity index (χ4n) is 1.81. The van der Waals surface area contributed by atoms with Gasteiger partial charge in [-0.05, 0) is 18.9 Å². The monoisotopic (exact) mass is 278 g/mol. The van der Waals surface area contributed by atoms with Gasteiger partial charge in [-0.2, -0.15) is 0 Å². The maximum atomic E-state index is 12.2. The van der Waals surface area contributed by atoms with E-state index in [2.05, 4.69) is 5.32 Å². The molecule has 0 spiro atoms. The highest BCUT2D eigenvalue weighted by Crippen LogP contribution is 2.33. The molecule has 4 nitrogen and oxygen atoms in total. The number of aliphatic hydroxyl groups is 1. The Kier molecular flexibility index (Phi) is 4.07. The molecular formula is C14H18N2O2S. The summed E-state index contributed by atoms with van der Waals surface area (Å²) in [6.45, 7) is 3.81. The molecule has 1 heterocycles. The Morgan fingerprint density at radius 3 is 2.74 bits per heavy atom. The summed E-state index contributed by atoms with van der Waals surface area (Å²) < 4.78 is 1.01. The molecule has 0 aliphatic rings. The first-order valence-electron chi connectivity index (χ1n) is 6.23. The van der Waals surface area contributed by atoms with Crippen LogP contribution in [0.15, 0.2) is 24.3 Å². The minimum absolute atomic E-state index is 0.0135. The largest absolute Gasteiger partial charge is 0.397 e. The standard InChI is InChI=1S/C14H18N2O2S/c1-8(7-17)9(2)16-14(18)13-12(15)10-5-3-4-6-11(10)19-13/h3-6,8-9,17H,7,15H2,1-2H3,(H,16,18). The van der Waals surface area contributed by atoms with Crippen molar-refractivity contribution in [3.63, 3.8) is 0 Å². The number of aliphatic hydroxyl groups excluding tert-OH is 1. The summed E-state index contributed by atoms with van der Waals surface area (Å²) in [7, 11) is 0. The number of benzene rings is 1. The number of nitrogens with two attached hydrogens (primary N) is 1. The Morgan fingerprint density at radius 2 is 2.11 bits per heavy atom. The number of anilines is 1. The number of nitrogen functional groups attached to an aromatic ring is 1. The van der Waals surface area contributed by atoms with Crippen molar-refractivity contribution >= 4 is 33.0 Å². The Bertz CT molecular complexity index is 594. The molecule has 1 aromatic heterocycles. The van der Waals surface area contributed by atoms with Crippen LogP contribution in [-0.4, -0.2) is 23.7 Å². The van der Waals surface area contributed by atoms with Crippen LogP contribution >= 0.6 is 11.3 Å². The van der Waals surface area contributed by atoms with Gasteiger partial charge in [0.05, 0.1) is 5.69 Å². The average Bonchev–Trinajstić information content (AvgIpc) is 2.75. The molecule has 2 aromatic rings. The summed E-state index contributed by atoms with van der Waals surface area (Å²) in [6, 6.07) is 7.60. The molecule has 19 heavy (non-hydrogen) atoms. The molecule has 0 aliphatic heterocycles. The molecule has 0 radical (unpaired) electrons. The van der Waals surface area contributed by atoms with E-state index in [-0.39, 0.29) is 24.5 Å². The number of amides is 1. The second-order valence-corrected chi connectivity index (χ2v) is 5.82. The van der Waals surface area contributed by atoms with E-state index < -0.39 is 0 Å². The molecular weight excluding hydrogens is 260 g/mol. The minimum Gasteiger partial charge on any atom is -0.397 e. The molecule has 2 rings (SSSR count). The number of nitrogens with one attached hydrogen (secondary N) is 1. The zero-order chi connectivity index (χ0) is 14.0. The van der Waals surface area contributed by atoms with Crippen LogP contribution in [0.5, 0.6) is 0 Å². The lowest BCUT2D eigenvalue weighted by molar-refractivity contribution is 0.0921. The molecule has 2 unspecified atom stereocenters. The topological polar surface area (TPSA) is 75.3 Å².